The second-order valence-electron chi connectivity index (χ2n) is 8.66. The van der Waals surface area contributed by atoms with Crippen LogP contribution in [0.2, 0.25) is 0 Å². The van der Waals surface area contributed by atoms with E-state index in [0.29, 0.717) is 19.8 Å². The van der Waals surface area contributed by atoms with Crippen molar-refractivity contribution in [2.24, 2.45) is 0 Å². The highest BCUT2D eigenvalue weighted by atomic mass is 19.1. The Labute approximate surface area is 189 Å². The van der Waals surface area contributed by atoms with Crippen LogP contribution in [0, 0.1) is 5.82 Å². The molecule has 172 valence electrons. The van der Waals surface area contributed by atoms with Gasteiger partial charge in [0.05, 0.1) is 18.9 Å². The molecule has 0 bridgehead atoms. The minimum atomic E-state index is -0.222. The molecular formula is C25H32FN3O3. The minimum Gasteiger partial charge on any atom is -0.482 e. The van der Waals surface area contributed by atoms with Crippen LogP contribution in [0.25, 0.3) is 0 Å². The summed E-state index contributed by atoms with van der Waals surface area (Å²) in [6.45, 7) is 9.43. The molecule has 4 rings (SSSR count). The average molecular weight is 442 g/mol. The van der Waals surface area contributed by atoms with Gasteiger partial charge in [-0.1, -0.05) is 24.3 Å². The van der Waals surface area contributed by atoms with Gasteiger partial charge in [-0.05, 0) is 43.7 Å². The zero-order chi connectivity index (χ0) is 22.5. The number of nitrogens with zero attached hydrogens (tertiary/aromatic N) is 3. The van der Waals surface area contributed by atoms with Crippen LogP contribution in [0.5, 0.6) is 5.75 Å². The zero-order valence-electron chi connectivity index (χ0n) is 18.9. The number of anilines is 1. The fourth-order valence-corrected chi connectivity index (χ4v) is 4.46. The van der Waals surface area contributed by atoms with Crippen molar-refractivity contribution >= 4 is 11.6 Å². The third kappa shape index (κ3) is 5.40. The first-order chi connectivity index (χ1) is 15.5. The van der Waals surface area contributed by atoms with Gasteiger partial charge in [0.15, 0.2) is 6.61 Å². The molecule has 2 unspecified atom stereocenters. The van der Waals surface area contributed by atoms with Gasteiger partial charge in [0, 0.05) is 44.8 Å². The van der Waals surface area contributed by atoms with Gasteiger partial charge in [0.2, 0.25) is 0 Å². The normalized spacial score (nSPS) is 22.1. The van der Waals surface area contributed by atoms with Gasteiger partial charge in [0.1, 0.15) is 11.6 Å². The van der Waals surface area contributed by atoms with Gasteiger partial charge in [-0.2, -0.15) is 0 Å². The molecule has 2 aliphatic heterocycles. The highest BCUT2D eigenvalue weighted by Gasteiger charge is 2.32. The first kappa shape index (κ1) is 22.6. The fourth-order valence-electron chi connectivity index (χ4n) is 4.46. The van der Waals surface area contributed by atoms with E-state index < -0.39 is 0 Å². The van der Waals surface area contributed by atoms with Crippen LogP contribution >= 0.6 is 0 Å². The Kier molecular flexibility index (Phi) is 7.27. The highest BCUT2D eigenvalue weighted by Crippen LogP contribution is 2.29. The van der Waals surface area contributed by atoms with Crippen LogP contribution in [0.15, 0.2) is 48.5 Å². The summed E-state index contributed by atoms with van der Waals surface area (Å²) in [7, 11) is 0. The van der Waals surface area contributed by atoms with Gasteiger partial charge < -0.3 is 19.3 Å². The lowest BCUT2D eigenvalue weighted by molar-refractivity contribution is -0.139. The Morgan fingerprint density at radius 3 is 2.50 bits per heavy atom. The number of hydrogen-bond donors (Lipinski definition) is 0. The summed E-state index contributed by atoms with van der Waals surface area (Å²) >= 11 is 0. The Morgan fingerprint density at radius 1 is 1.03 bits per heavy atom. The predicted molar refractivity (Wildman–Crippen MR) is 122 cm³/mol. The molecule has 7 heteroatoms. The van der Waals surface area contributed by atoms with Crippen molar-refractivity contribution in [1.29, 1.82) is 0 Å². The van der Waals surface area contributed by atoms with E-state index >= 15 is 0 Å². The number of benzene rings is 2. The van der Waals surface area contributed by atoms with Crippen molar-refractivity contribution in [2.45, 2.75) is 32.5 Å². The van der Waals surface area contributed by atoms with Gasteiger partial charge >= 0.3 is 0 Å². The molecular weight excluding hydrogens is 409 g/mol. The first-order valence-electron chi connectivity index (χ1n) is 11.3. The molecule has 0 aliphatic carbocycles. The summed E-state index contributed by atoms with van der Waals surface area (Å²) in [4.78, 5) is 19.5. The second-order valence-corrected chi connectivity index (χ2v) is 8.66. The highest BCUT2D eigenvalue weighted by molar-refractivity contribution is 5.78. The van der Waals surface area contributed by atoms with Crippen molar-refractivity contribution in [2.75, 3.05) is 50.9 Å². The fraction of sp³-hybridized carbons (Fsp3) is 0.480. The summed E-state index contributed by atoms with van der Waals surface area (Å²) in [6.07, 6.45) is 0. The molecule has 1 amide bonds. The third-order valence-electron chi connectivity index (χ3n) is 6.30. The van der Waals surface area contributed by atoms with Gasteiger partial charge in [-0.3, -0.25) is 9.69 Å². The molecule has 2 saturated heterocycles. The van der Waals surface area contributed by atoms with Crippen molar-refractivity contribution in [3.8, 4) is 5.75 Å². The van der Waals surface area contributed by atoms with E-state index in [0.717, 1.165) is 43.2 Å². The monoisotopic (exact) mass is 441 g/mol. The molecule has 32 heavy (non-hydrogen) atoms. The first-order valence-corrected chi connectivity index (χ1v) is 11.3. The molecule has 2 heterocycles. The van der Waals surface area contributed by atoms with Crippen LogP contribution in [0.1, 0.15) is 19.4 Å². The van der Waals surface area contributed by atoms with Crippen LogP contribution < -0.4 is 9.64 Å². The number of para-hydroxylation sites is 2. The number of rotatable bonds is 6. The summed E-state index contributed by atoms with van der Waals surface area (Å²) in [5, 5.41) is 0. The van der Waals surface area contributed by atoms with E-state index in [9.17, 15) is 9.18 Å². The smallest absolute Gasteiger partial charge is 0.260 e. The number of halogens is 1. The van der Waals surface area contributed by atoms with Crippen LogP contribution in [-0.2, 0) is 16.1 Å². The Morgan fingerprint density at radius 2 is 1.75 bits per heavy atom. The lowest BCUT2D eigenvalue weighted by Gasteiger charge is -2.44. The quantitative estimate of drug-likeness (QED) is 0.689. The average Bonchev–Trinajstić information content (AvgIpc) is 2.82. The van der Waals surface area contributed by atoms with Gasteiger partial charge in [0.25, 0.3) is 5.91 Å². The molecule has 0 radical (unpaired) electrons. The summed E-state index contributed by atoms with van der Waals surface area (Å²) < 4.78 is 24.6. The lowest BCUT2D eigenvalue weighted by atomic mass is 10.1. The number of ether oxygens (including phenoxy) is 2. The van der Waals surface area contributed by atoms with E-state index in [-0.39, 0.29) is 30.4 Å². The van der Waals surface area contributed by atoms with Crippen molar-refractivity contribution in [3.63, 3.8) is 0 Å². The largest absolute Gasteiger partial charge is 0.482 e. The number of carbonyl (C=O) groups excluding carboxylic acids is 1. The van der Waals surface area contributed by atoms with Gasteiger partial charge in [-0.25, -0.2) is 4.39 Å². The number of hydrogen-bond acceptors (Lipinski definition) is 5. The van der Waals surface area contributed by atoms with Crippen LogP contribution in [0.3, 0.4) is 0 Å². The van der Waals surface area contributed by atoms with Crippen LogP contribution in [-0.4, -0.2) is 73.8 Å². The molecule has 6 nitrogen and oxygen atoms in total. The van der Waals surface area contributed by atoms with Crippen molar-refractivity contribution in [3.05, 3.63) is 59.9 Å². The summed E-state index contributed by atoms with van der Waals surface area (Å²) in [5.74, 6) is 0.515. The molecule has 0 spiro atoms. The van der Waals surface area contributed by atoms with Crippen molar-refractivity contribution < 1.29 is 18.7 Å². The van der Waals surface area contributed by atoms with Crippen molar-refractivity contribution in [1.82, 2.24) is 9.80 Å². The maximum atomic E-state index is 13.2. The number of piperazine rings is 1. The number of morpholine rings is 1. The van der Waals surface area contributed by atoms with E-state index in [2.05, 4.69) is 23.6 Å². The van der Waals surface area contributed by atoms with E-state index in [1.807, 2.05) is 41.3 Å². The standard InChI is InChI=1S/C25H32FN3O3/c1-19-16-29(20(2)15-28(19)17-21-7-9-22(26)10-8-21)25(30)18-32-24-6-4-3-5-23(24)27-11-13-31-14-12-27/h3-10,19-20H,11-18H2,1-2H3. The molecule has 2 aromatic carbocycles. The molecule has 2 atom stereocenters. The molecule has 2 fully saturated rings. The SMILES string of the molecule is CC1CN(C(=O)COc2ccccc2N2CCOCC2)C(C)CN1Cc1ccc(F)cc1. The zero-order valence-corrected chi connectivity index (χ0v) is 18.9. The van der Waals surface area contributed by atoms with Crippen LogP contribution in [0.4, 0.5) is 10.1 Å². The van der Waals surface area contributed by atoms with E-state index in [1.165, 1.54) is 12.1 Å². The Balaban J connectivity index is 1.34. The lowest BCUT2D eigenvalue weighted by Crippen LogP contribution is -2.58. The topological polar surface area (TPSA) is 45.3 Å². The van der Waals surface area contributed by atoms with Gasteiger partial charge in [-0.15, -0.1) is 0 Å². The summed E-state index contributed by atoms with van der Waals surface area (Å²) in [6, 6.07) is 14.8. The summed E-state index contributed by atoms with van der Waals surface area (Å²) in [5.41, 5.74) is 2.09. The Bertz CT molecular complexity index is 902. The second kappa shape index (κ2) is 10.3. The number of carbonyl (C=O) groups is 1. The molecule has 2 aliphatic rings. The Hall–Kier alpha value is -2.64. The maximum Gasteiger partial charge on any atom is 0.260 e. The molecule has 2 aromatic rings. The molecule has 0 aromatic heterocycles. The number of amides is 1. The molecule has 0 N–H and O–H groups in total. The maximum absolute atomic E-state index is 13.2. The predicted octanol–water partition coefficient (Wildman–Crippen LogP) is 3.16. The minimum absolute atomic E-state index is 0.00237. The third-order valence-corrected chi connectivity index (χ3v) is 6.30. The molecule has 0 saturated carbocycles. The van der Waals surface area contributed by atoms with E-state index in [4.69, 9.17) is 9.47 Å². The van der Waals surface area contributed by atoms with E-state index in [1.54, 1.807) is 0 Å².